The normalized spacial score (nSPS) is 18.5. The van der Waals surface area contributed by atoms with E-state index in [1.54, 1.807) is 24.3 Å². The molecule has 3 heterocycles. The number of carbonyl (C=O) groups is 3. The summed E-state index contributed by atoms with van der Waals surface area (Å²) in [6.07, 6.45) is 4.44. The molecule has 224 valence electrons. The number of fused-ring (bicyclic) bond motifs is 3. The quantitative estimate of drug-likeness (QED) is 0.265. The van der Waals surface area contributed by atoms with Gasteiger partial charge in [-0.2, -0.15) is 0 Å². The van der Waals surface area contributed by atoms with Crippen LogP contribution in [0, 0.1) is 0 Å². The summed E-state index contributed by atoms with van der Waals surface area (Å²) in [7, 11) is 2.04. The number of aromatic nitrogens is 2. The van der Waals surface area contributed by atoms with Gasteiger partial charge in [-0.15, -0.1) is 0 Å². The maximum absolute atomic E-state index is 13.3. The monoisotopic (exact) mass is 591 g/mol. The van der Waals surface area contributed by atoms with Crippen molar-refractivity contribution in [3.8, 4) is 5.75 Å². The number of benzene rings is 3. The van der Waals surface area contributed by atoms with Crippen molar-refractivity contribution in [2.45, 2.75) is 31.4 Å². The fraction of sp³-hybridized carbons (Fsp3) is 0.294. The molecule has 1 aromatic heterocycles. The highest BCUT2D eigenvalue weighted by Crippen LogP contribution is 2.32. The molecule has 44 heavy (non-hydrogen) atoms. The van der Waals surface area contributed by atoms with Crippen LogP contribution in [-0.4, -0.2) is 87.9 Å². The van der Waals surface area contributed by atoms with Gasteiger partial charge in [0.1, 0.15) is 24.3 Å². The highest BCUT2D eigenvalue weighted by molar-refractivity contribution is 6.24. The van der Waals surface area contributed by atoms with Crippen LogP contribution in [0.5, 0.6) is 5.75 Å². The van der Waals surface area contributed by atoms with Gasteiger partial charge in [0.15, 0.2) is 5.78 Å². The first kappa shape index (κ1) is 28.0. The molecule has 1 saturated heterocycles. The van der Waals surface area contributed by atoms with Gasteiger partial charge in [0.2, 0.25) is 0 Å². The molecule has 0 unspecified atom stereocenters. The van der Waals surface area contributed by atoms with Crippen molar-refractivity contribution in [3.05, 3.63) is 89.4 Å². The van der Waals surface area contributed by atoms with Crippen molar-refractivity contribution in [3.63, 3.8) is 0 Å². The first-order valence-electron chi connectivity index (χ1n) is 14.9. The van der Waals surface area contributed by atoms with E-state index < -0.39 is 6.10 Å². The van der Waals surface area contributed by atoms with Crippen LogP contribution >= 0.6 is 0 Å². The summed E-state index contributed by atoms with van der Waals surface area (Å²) in [6.45, 7) is 1.89. The summed E-state index contributed by atoms with van der Waals surface area (Å²) in [5.41, 5.74) is 2.66. The number of H-pyrrole nitrogens is 1. The number of nitrogens with zero attached hydrogens (tertiary/aromatic N) is 3. The van der Waals surface area contributed by atoms with Crippen molar-refractivity contribution in [1.29, 1.82) is 0 Å². The molecule has 3 aromatic carbocycles. The Morgan fingerprint density at radius 3 is 2.57 bits per heavy atom. The van der Waals surface area contributed by atoms with Crippen molar-refractivity contribution in [1.82, 2.24) is 25.1 Å². The first-order valence-corrected chi connectivity index (χ1v) is 14.9. The Bertz CT molecular complexity index is 1810. The third-order valence-electron chi connectivity index (χ3n) is 8.64. The maximum atomic E-state index is 13.3. The molecule has 1 aliphatic carbocycles. The van der Waals surface area contributed by atoms with Gasteiger partial charge < -0.3 is 25.0 Å². The van der Waals surface area contributed by atoms with Crippen LogP contribution in [0.4, 0.5) is 0 Å². The number of aliphatic hydroxyl groups is 1. The van der Waals surface area contributed by atoms with Crippen molar-refractivity contribution in [2.75, 3.05) is 33.3 Å². The van der Waals surface area contributed by atoms with Crippen molar-refractivity contribution >= 4 is 45.0 Å². The van der Waals surface area contributed by atoms with Crippen molar-refractivity contribution in [2.24, 2.45) is 0 Å². The van der Waals surface area contributed by atoms with E-state index in [1.165, 1.54) is 4.90 Å². The van der Waals surface area contributed by atoms with Crippen molar-refractivity contribution < 1.29 is 24.2 Å². The molecule has 10 nitrogen and oxygen atoms in total. The molecule has 0 saturated carbocycles. The molecule has 1 atom stereocenters. The number of Topliss-reactive ketones (excluding diaryl/α,β-unsaturated/α-hetero) is 1. The lowest BCUT2D eigenvalue weighted by Gasteiger charge is -2.33. The average Bonchev–Trinajstić information content (AvgIpc) is 3.55. The summed E-state index contributed by atoms with van der Waals surface area (Å²) >= 11 is 0. The van der Waals surface area contributed by atoms with Gasteiger partial charge in [0, 0.05) is 24.7 Å². The molecule has 0 radical (unpaired) electrons. The van der Waals surface area contributed by atoms with E-state index in [0.717, 1.165) is 36.7 Å². The van der Waals surface area contributed by atoms with Crippen LogP contribution in [0.15, 0.2) is 72.4 Å². The summed E-state index contributed by atoms with van der Waals surface area (Å²) in [6, 6.07) is 17.0. The van der Waals surface area contributed by atoms with Crippen LogP contribution < -0.4 is 10.1 Å². The zero-order valence-electron chi connectivity index (χ0n) is 24.4. The third-order valence-corrected chi connectivity index (χ3v) is 8.64. The summed E-state index contributed by atoms with van der Waals surface area (Å²) < 4.78 is 5.82. The average molecular weight is 592 g/mol. The fourth-order valence-electron chi connectivity index (χ4n) is 6.23. The second-order valence-electron chi connectivity index (χ2n) is 11.7. The number of hydrogen-bond acceptors (Lipinski definition) is 8. The number of imide groups is 1. The number of allylic oxidation sites excluding steroid dienone is 3. The molecule has 4 aromatic rings. The molecule has 0 bridgehead atoms. The number of ether oxygens (including phenoxy) is 1. The fourth-order valence-corrected chi connectivity index (χ4v) is 6.23. The minimum absolute atomic E-state index is 0.0679. The summed E-state index contributed by atoms with van der Waals surface area (Å²) in [4.78, 5) is 51.2. The Morgan fingerprint density at radius 1 is 1.02 bits per heavy atom. The highest BCUT2D eigenvalue weighted by atomic mass is 16.5. The topological polar surface area (TPSA) is 128 Å². The van der Waals surface area contributed by atoms with Gasteiger partial charge >= 0.3 is 0 Å². The molecule has 1 fully saturated rings. The molecular formula is C34H33N5O5. The van der Waals surface area contributed by atoms with E-state index in [-0.39, 0.29) is 43.2 Å². The molecule has 3 aliphatic rings. The lowest BCUT2D eigenvalue weighted by Crippen LogP contribution is -2.46. The largest absolute Gasteiger partial charge is 0.491 e. The van der Waals surface area contributed by atoms with E-state index >= 15 is 0 Å². The second-order valence-corrected chi connectivity index (χ2v) is 11.7. The van der Waals surface area contributed by atoms with Crippen LogP contribution in [0.3, 0.4) is 0 Å². The first-order chi connectivity index (χ1) is 21.4. The number of amides is 2. The minimum Gasteiger partial charge on any atom is -0.491 e. The number of hydrogen-bond donors (Lipinski definition) is 3. The number of aromatic amines is 1. The lowest BCUT2D eigenvalue weighted by molar-refractivity contribution is -0.113. The standard InChI is InChI=1S/C34H33N5O5/c1-38-13-11-22(12-14-38)39-33(42)25-16-28-29(17-26(25)34(39)43)37-32(36-28)31-27(7-4-8-30(31)41)35-18-23(40)19-44-24-10-9-20-5-2-3-6-21(20)15-24/h2-7,9-10,15-17,22-23,35,40H,8,11-14,18-19H2,1H3,(H,36,37)/t23-/m1/s1. The Kier molecular flexibility index (Phi) is 7.23. The lowest BCUT2D eigenvalue weighted by atomic mass is 10.00. The van der Waals surface area contributed by atoms with Crippen LogP contribution in [0.1, 0.15) is 45.8 Å². The van der Waals surface area contributed by atoms with Gasteiger partial charge in [-0.3, -0.25) is 19.3 Å². The molecule has 0 spiro atoms. The van der Waals surface area contributed by atoms with Crippen LogP contribution in [0.2, 0.25) is 0 Å². The number of nitrogens with one attached hydrogen (secondary N) is 2. The number of likely N-dealkylation sites (tertiary alicyclic amines) is 1. The van der Waals surface area contributed by atoms with E-state index in [9.17, 15) is 19.5 Å². The smallest absolute Gasteiger partial charge is 0.261 e. The second kappa shape index (κ2) is 11.4. The van der Waals surface area contributed by atoms with Crippen LogP contribution in [-0.2, 0) is 4.79 Å². The third kappa shape index (κ3) is 5.16. The molecule has 10 heteroatoms. The van der Waals surface area contributed by atoms with E-state index in [0.29, 0.717) is 45.0 Å². The van der Waals surface area contributed by atoms with E-state index in [1.807, 2.05) is 49.5 Å². The summed E-state index contributed by atoms with van der Waals surface area (Å²) in [5.74, 6) is 0.300. The predicted molar refractivity (Wildman–Crippen MR) is 166 cm³/mol. The van der Waals surface area contributed by atoms with Crippen LogP contribution in [0.25, 0.3) is 27.4 Å². The van der Waals surface area contributed by atoms with E-state index in [4.69, 9.17) is 4.74 Å². The zero-order chi connectivity index (χ0) is 30.4. The van der Waals surface area contributed by atoms with Gasteiger partial charge in [0.25, 0.3) is 11.8 Å². The molecule has 3 N–H and O–H groups in total. The SMILES string of the molecule is CN1CCC(N2C(=O)c3cc4nc(C5=C(NC[C@@H](O)COc6ccc7ccccc7c6)C=CCC5=O)[nH]c4cc3C2=O)CC1. The molecular weight excluding hydrogens is 558 g/mol. The number of rotatable bonds is 8. The van der Waals surface area contributed by atoms with Gasteiger partial charge in [0.05, 0.1) is 27.7 Å². The zero-order valence-corrected chi connectivity index (χ0v) is 24.4. The molecule has 2 aliphatic heterocycles. The Hall–Kier alpha value is -4.80. The number of carbonyl (C=O) groups excluding carboxylic acids is 3. The Morgan fingerprint density at radius 2 is 1.77 bits per heavy atom. The number of imidazole rings is 1. The summed E-state index contributed by atoms with van der Waals surface area (Å²) in [5, 5.41) is 16.0. The maximum Gasteiger partial charge on any atom is 0.261 e. The Labute approximate surface area is 254 Å². The van der Waals surface area contributed by atoms with Gasteiger partial charge in [-0.05, 0) is 74.1 Å². The highest BCUT2D eigenvalue weighted by Gasteiger charge is 2.41. The number of ketones is 1. The van der Waals surface area contributed by atoms with Gasteiger partial charge in [-0.1, -0.05) is 36.4 Å². The number of aliphatic hydroxyl groups excluding tert-OH is 1. The molecule has 7 rings (SSSR count). The molecule has 2 amide bonds. The predicted octanol–water partition coefficient (Wildman–Crippen LogP) is 3.68. The van der Waals surface area contributed by atoms with Gasteiger partial charge in [-0.25, -0.2) is 4.98 Å². The Balaban J connectivity index is 1.08. The minimum atomic E-state index is -0.844. The number of piperidine rings is 1. The van der Waals surface area contributed by atoms with E-state index in [2.05, 4.69) is 20.2 Å².